The summed E-state index contributed by atoms with van der Waals surface area (Å²) in [4.78, 5) is 29.1. The number of aryl methyl sites for hydroxylation is 1. The first-order chi connectivity index (χ1) is 16.0. The van der Waals surface area contributed by atoms with E-state index in [1.807, 2.05) is 61.5 Å². The summed E-state index contributed by atoms with van der Waals surface area (Å²) in [7, 11) is 0. The maximum absolute atomic E-state index is 13.2. The number of carbonyl (C=O) groups excluding carboxylic acids is 2. The molecule has 0 unspecified atom stereocenters. The van der Waals surface area contributed by atoms with Gasteiger partial charge in [-0.15, -0.1) is 0 Å². The van der Waals surface area contributed by atoms with Gasteiger partial charge in [-0.1, -0.05) is 42.0 Å². The van der Waals surface area contributed by atoms with Gasteiger partial charge in [-0.05, 0) is 55.3 Å². The van der Waals surface area contributed by atoms with E-state index in [1.54, 1.807) is 28.0 Å². The Bertz CT molecular complexity index is 1200. The zero-order chi connectivity index (χ0) is 23.2. The standard InChI is InChI=1S/C26H25N5O2/c1-19-10-12-22(13-11-19)28-25(32)29-23-8-4-9-24(16-23)31-15-5-14-30(26(31)33)18-21-7-3-2-6-20(21)17-27/h2-4,6-13,16H,5,14-15,18H2,1H3,(H2,28,29,32). The minimum absolute atomic E-state index is 0.116. The number of rotatable bonds is 5. The Morgan fingerprint density at radius 1 is 0.970 bits per heavy atom. The average Bonchev–Trinajstić information content (AvgIpc) is 2.82. The van der Waals surface area contributed by atoms with E-state index in [0.29, 0.717) is 42.3 Å². The van der Waals surface area contributed by atoms with Crippen LogP contribution in [0.4, 0.5) is 26.7 Å². The summed E-state index contributed by atoms with van der Waals surface area (Å²) in [5.74, 6) is 0. The van der Waals surface area contributed by atoms with Crippen LogP contribution in [-0.4, -0.2) is 30.1 Å². The van der Waals surface area contributed by atoms with E-state index in [0.717, 1.165) is 17.5 Å². The molecule has 1 saturated heterocycles. The van der Waals surface area contributed by atoms with Crippen LogP contribution >= 0.6 is 0 Å². The molecule has 166 valence electrons. The molecule has 1 fully saturated rings. The van der Waals surface area contributed by atoms with Crippen LogP contribution in [0.3, 0.4) is 0 Å². The molecule has 4 rings (SSSR count). The second-order valence-corrected chi connectivity index (χ2v) is 7.97. The highest BCUT2D eigenvalue weighted by molar-refractivity contribution is 6.00. The van der Waals surface area contributed by atoms with E-state index in [2.05, 4.69) is 16.7 Å². The van der Waals surface area contributed by atoms with Crippen molar-refractivity contribution in [3.63, 3.8) is 0 Å². The van der Waals surface area contributed by atoms with Gasteiger partial charge in [0.1, 0.15) is 0 Å². The smallest absolute Gasteiger partial charge is 0.320 e. The summed E-state index contributed by atoms with van der Waals surface area (Å²) in [5, 5.41) is 15.0. The number of nitrogens with zero attached hydrogens (tertiary/aromatic N) is 3. The molecule has 7 nitrogen and oxygen atoms in total. The van der Waals surface area contributed by atoms with Crippen molar-refractivity contribution in [2.45, 2.75) is 19.9 Å². The SMILES string of the molecule is Cc1ccc(NC(=O)Nc2cccc(N3CCCN(Cc4ccccc4C#N)C3=O)c2)cc1. The lowest BCUT2D eigenvalue weighted by Crippen LogP contribution is -2.49. The molecule has 1 aliphatic heterocycles. The third-order valence-electron chi connectivity index (χ3n) is 5.54. The Kier molecular flexibility index (Phi) is 6.56. The fourth-order valence-electron chi connectivity index (χ4n) is 3.82. The summed E-state index contributed by atoms with van der Waals surface area (Å²) in [6.07, 6.45) is 0.812. The van der Waals surface area contributed by atoms with Gasteiger partial charge in [0.25, 0.3) is 0 Å². The Morgan fingerprint density at radius 3 is 2.52 bits per heavy atom. The van der Waals surface area contributed by atoms with Crippen molar-refractivity contribution in [2.75, 3.05) is 28.6 Å². The molecule has 3 aromatic rings. The van der Waals surface area contributed by atoms with Gasteiger partial charge in [-0.25, -0.2) is 9.59 Å². The first-order valence-electron chi connectivity index (χ1n) is 10.8. The third kappa shape index (κ3) is 5.31. The Morgan fingerprint density at radius 2 is 1.73 bits per heavy atom. The van der Waals surface area contributed by atoms with E-state index < -0.39 is 0 Å². The molecule has 0 spiro atoms. The number of benzene rings is 3. The molecule has 0 radical (unpaired) electrons. The highest BCUT2D eigenvalue weighted by Crippen LogP contribution is 2.25. The van der Waals surface area contributed by atoms with Crippen molar-refractivity contribution in [1.82, 2.24) is 4.90 Å². The minimum Gasteiger partial charge on any atom is -0.320 e. The number of hydrogen-bond donors (Lipinski definition) is 2. The lowest BCUT2D eigenvalue weighted by atomic mass is 10.1. The Labute approximate surface area is 193 Å². The van der Waals surface area contributed by atoms with Gasteiger partial charge in [0.15, 0.2) is 0 Å². The second-order valence-electron chi connectivity index (χ2n) is 7.97. The number of urea groups is 2. The van der Waals surface area contributed by atoms with E-state index in [4.69, 9.17) is 0 Å². The van der Waals surface area contributed by atoms with Crippen LogP contribution in [0.25, 0.3) is 0 Å². The summed E-state index contributed by atoms with van der Waals surface area (Å²) < 4.78 is 0. The van der Waals surface area contributed by atoms with Crippen LogP contribution in [0.1, 0.15) is 23.1 Å². The summed E-state index contributed by atoms with van der Waals surface area (Å²) in [6.45, 7) is 3.59. The zero-order valence-corrected chi connectivity index (χ0v) is 18.4. The normalized spacial score (nSPS) is 13.4. The van der Waals surface area contributed by atoms with E-state index >= 15 is 0 Å². The first kappa shape index (κ1) is 21.9. The van der Waals surface area contributed by atoms with Crippen LogP contribution in [0.5, 0.6) is 0 Å². The van der Waals surface area contributed by atoms with Gasteiger partial charge in [-0.3, -0.25) is 4.90 Å². The molecule has 1 aliphatic rings. The first-order valence-corrected chi connectivity index (χ1v) is 10.8. The monoisotopic (exact) mass is 439 g/mol. The lowest BCUT2D eigenvalue weighted by Gasteiger charge is -2.36. The number of hydrogen-bond acceptors (Lipinski definition) is 3. The number of nitriles is 1. The fraction of sp³-hybridized carbons (Fsp3) is 0.192. The summed E-state index contributed by atoms with van der Waals surface area (Å²) >= 11 is 0. The molecule has 0 saturated carbocycles. The average molecular weight is 440 g/mol. The van der Waals surface area contributed by atoms with Crippen molar-refractivity contribution >= 4 is 29.1 Å². The second kappa shape index (κ2) is 9.88. The molecule has 1 heterocycles. The number of amides is 4. The molecule has 2 N–H and O–H groups in total. The molecular formula is C26H25N5O2. The maximum Gasteiger partial charge on any atom is 0.324 e. The van der Waals surface area contributed by atoms with E-state index in [9.17, 15) is 14.9 Å². The number of carbonyl (C=O) groups is 2. The number of nitrogens with one attached hydrogen (secondary N) is 2. The highest BCUT2D eigenvalue weighted by atomic mass is 16.2. The largest absolute Gasteiger partial charge is 0.324 e. The molecule has 0 atom stereocenters. The topological polar surface area (TPSA) is 88.5 Å². The van der Waals surface area contributed by atoms with Crippen LogP contribution in [0.15, 0.2) is 72.8 Å². The van der Waals surface area contributed by atoms with Crippen LogP contribution < -0.4 is 15.5 Å². The molecule has 4 amide bonds. The molecule has 0 bridgehead atoms. The van der Waals surface area contributed by atoms with Gasteiger partial charge < -0.3 is 15.5 Å². The van der Waals surface area contributed by atoms with E-state index in [-0.39, 0.29) is 12.1 Å². The zero-order valence-electron chi connectivity index (χ0n) is 18.4. The Hall–Kier alpha value is -4.31. The molecule has 0 aromatic heterocycles. The highest BCUT2D eigenvalue weighted by Gasteiger charge is 2.27. The van der Waals surface area contributed by atoms with Crippen LogP contribution in [0.2, 0.25) is 0 Å². The Balaban J connectivity index is 1.44. The third-order valence-corrected chi connectivity index (χ3v) is 5.54. The van der Waals surface area contributed by atoms with Crippen molar-refractivity contribution in [3.8, 4) is 6.07 Å². The van der Waals surface area contributed by atoms with Gasteiger partial charge in [0, 0.05) is 36.7 Å². The fourth-order valence-corrected chi connectivity index (χ4v) is 3.82. The van der Waals surface area contributed by atoms with Crippen LogP contribution in [-0.2, 0) is 6.54 Å². The van der Waals surface area contributed by atoms with Gasteiger partial charge in [0.2, 0.25) is 0 Å². The number of anilines is 3. The van der Waals surface area contributed by atoms with Crippen molar-refractivity contribution in [2.24, 2.45) is 0 Å². The van der Waals surface area contributed by atoms with Crippen molar-refractivity contribution in [1.29, 1.82) is 5.26 Å². The summed E-state index contributed by atoms with van der Waals surface area (Å²) in [6, 6.07) is 23.8. The molecule has 7 heteroatoms. The lowest BCUT2D eigenvalue weighted by molar-refractivity contribution is 0.192. The van der Waals surface area contributed by atoms with Gasteiger partial charge in [-0.2, -0.15) is 5.26 Å². The van der Waals surface area contributed by atoms with Crippen LogP contribution in [0, 0.1) is 18.3 Å². The molecule has 0 aliphatic carbocycles. The van der Waals surface area contributed by atoms with Gasteiger partial charge >= 0.3 is 12.1 Å². The molecule has 3 aromatic carbocycles. The predicted molar refractivity (Wildman–Crippen MR) is 129 cm³/mol. The summed E-state index contributed by atoms with van der Waals surface area (Å²) in [5.41, 5.74) is 4.54. The maximum atomic E-state index is 13.2. The minimum atomic E-state index is -0.351. The van der Waals surface area contributed by atoms with Crippen molar-refractivity contribution < 1.29 is 9.59 Å². The quantitative estimate of drug-likeness (QED) is 0.562. The van der Waals surface area contributed by atoms with Gasteiger partial charge in [0.05, 0.1) is 11.6 Å². The molecular weight excluding hydrogens is 414 g/mol. The van der Waals surface area contributed by atoms with Crippen molar-refractivity contribution in [3.05, 3.63) is 89.5 Å². The van der Waals surface area contributed by atoms with E-state index in [1.165, 1.54) is 0 Å². The molecule has 33 heavy (non-hydrogen) atoms. The predicted octanol–water partition coefficient (Wildman–Crippen LogP) is 5.34.